The molecule has 2 aromatic rings. The van der Waals surface area contributed by atoms with Gasteiger partial charge in [0.1, 0.15) is 0 Å². The number of methoxy groups -OCH3 is 1. The van der Waals surface area contributed by atoms with E-state index in [0.29, 0.717) is 21.5 Å². The number of thioether (sulfide) groups is 1. The van der Waals surface area contributed by atoms with Crippen molar-refractivity contribution in [1.29, 1.82) is 0 Å². The number of nitrogen functional groups attached to an aromatic ring is 1. The van der Waals surface area contributed by atoms with Gasteiger partial charge in [-0.15, -0.1) is 11.8 Å². The van der Waals surface area contributed by atoms with Crippen molar-refractivity contribution in [3.8, 4) is 0 Å². The molecule has 0 unspecified atom stereocenters. The standard InChI is InChI=1S/C11H11N3O3S/c1-17-10(15)4-18-9-3-8-6(2-7(9)12)11(16)14-5-13-8/h2-3,5H,4,12H2,1H3,(H,13,14,16). The molecule has 18 heavy (non-hydrogen) atoms. The number of aromatic nitrogens is 2. The number of aromatic amines is 1. The lowest BCUT2D eigenvalue weighted by molar-refractivity contribution is -0.137. The summed E-state index contributed by atoms with van der Waals surface area (Å²) in [7, 11) is 1.33. The van der Waals surface area contributed by atoms with E-state index in [2.05, 4.69) is 14.7 Å². The molecule has 0 saturated carbocycles. The molecule has 0 amide bonds. The molecule has 6 nitrogen and oxygen atoms in total. The summed E-state index contributed by atoms with van der Waals surface area (Å²) in [6.45, 7) is 0. The lowest BCUT2D eigenvalue weighted by Crippen LogP contribution is -2.07. The van der Waals surface area contributed by atoms with E-state index < -0.39 is 0 Å². The van der Waals surface area contributed by atoms with Crippen molar-refractivity contribution < 1.29 is 9.53 Å². The number of hydrogen-bond donors (Lipinski definition) is 2. The largest absolute Gasteiger partial charge is 0.468 e. The van der Waals surface area contributed by atoms with Crippen LogP contribution >= 0.6 is 11.8 Å². The number of hydrogen-bond acceptors (Lipinski definition) is 6. The Hall–Kier alpha value is -2.02. The average Bonchev–Trinajstić information content (AvgIpc) is 2.37. The first-order chi connectivity index (χ1) is 8.61. The molecule has 0 fully saturated rings. The molecule has 94 valence electrons. The second kappa shape index (κ2) is 5.09. The molecule has 0 aliphatic heterocycles. The lowest BCUT2D eigenvalue weighted by atomic mass is 10.2. The number of nitrogens with zero attached hydrogens (tertiary/aromatic N) is 1. The van der Waals surface area contributed by atoms with Crippen LogP contribution in [0.5, 0.6) is 0 Å². The molecule has 0 aliphatic rings. The third-order valence-electron chi connectivity index (χ3n) is 2.35. The van der Waals surface area contributed by atoms with E-state index in [0.717, 1.165) is 0 Å². The third kappa shape index (κ3) is 2.45. The third-order valence-corrected chi connectivity index (χ3v) is 3.39. The summed E-state index contributed by atoms with van der Waals surface area (Å²) < 4.78 is 4.55. The molecule has 0 spiro atoms. The Balaban J connectivity index is 2.38. The van der Waals surface area contributed by atoms with Crippen molar-refractivity contribution in [3.63, 3.8) is 0 Å². The van der Waals surface area contributed by atoms with Crippen molar-refractivity contribution in [2.75, 3.05) is 18.6 Å². The fourth-order valence-electron chi connectivity index (χ4n) is 1.43. The first-order valence-corrected chi connectivity index (χ1v) is 6.07. The Bertz CT molecular complexity index is 654. The number of carbonyl (C=O) groups excluding carboxylic acids is 1. The van der Waals surface area contributed by atoms with Crippen molar-refractivity contribution in [2.24, 2.45) is 0 Å². The van der Waals surface area contributed by atoms with E-state index in [4.69, 9.17) is 5.73 Å². The van der Waals surface area contributed by atoms with Crippen LogP contribution in [0.15, 0.2) is 28.2 Å². The van der Waals surface area contributed by atoms with E-state index in [9.17, 15) is 9.59 Å². The highest BCUT2D eigenvalue weighted by Gasteiger charge is 2.08. The van der Waals surface area contributed by atoms with E-state index in [1.54, 1.807) is 12.1 Å². The molecule has 1 heterocycles. The monoisotopic (exact) mass is 265 g/mol. The van der Waals surface area contributed by atoms with Gasteiger partial charge in [0.25, 0.3) is 5.56 Å². The number of benzene rings is 1. The van der Waals surface area contributed by atoms with Crippen LogP contribution in [0.25, 0.3) is 10.9 Å². The quantitative estimate of drug-likeness (QED) is 0.483. The van der Waals surface area contributed by atoms with E-state index >= 15 is 0 Å². The van der Waals surface area contributed by atoms with Gasteiger partial charge in [0.2, 0.25) is 0 Å². The zero-order chi connectivity index (χ0) is 13.1. The van der Waals surface area contributed by atoms with E-state index in [1.807, 2.05) is 0 Å². The van der Waals surface area contributed by atoms with Gasteiger partial charge in [-0.3, -0.25) is 9.59 Å². The van der Waals surface area contributed by atoms with Crippen LogP contribution in [0.4, 0.5) is 5.69 Å². The van der Waals surface area contributed by atoms with Gasteiger partial charge in [-0.25, -0.2) is 4.98 Å². The fraction of sp³-hybridized carbons (Fsp3) is 0.182. The zero-order valence-electron chi connectivity index (χ0n) is 9.60. The molecule has 0 radical (unpaired) electrons. The lowest BCUT2D eigenvalue weighted by Gasteiger charge is -2.06. The van der Waals surface area contributed by atoms with E-state index in [-0.39, 0.29) is 17.3 Å². The minimum atomic E-state index is -0.335. The summed E-state index contributed by atoms with van der Waals surface area (Å²) >= 11 is 1.25. The summed E-state index contributed by atoms with van der Waals surface area (Å²) in [5.74, 6) is -0.173. The highest BCUT2D eigenvalue weighted by Crippen LogP contribution is 2.27. The minimum absolute atomic E-state index is 0.162. The second-order valence-corrected chi connectivity index (χ2v) is 4.52. The van der Waals surface area contributed by atoms with E-state index in [1.165, 1.54) is 25.2 Å². The second-order valence-electron chi connectivity index (χ2n) is 3.50. The molecule has 0 bridgehead atoms. The highest BCUT2D eigenvalue weighted by atomic mass is 32.2. The summed E-state index contributed by atoms with van der Waals surface area (Å²) in [5.41, 5.74) is 6.57. The maximum atomic E-state index is 11.5. The van der Waals surface area contributed by atoms with Gasteiger partial charge in [-0.05, 0) is 12.1 Å². The van der Waals surface area contributed by atoms with Gasteiger partial charge in [0.15, 0.2) is 0 Å². The molecular formula is C11H11N3O3S. The molecule has 1 aromatic heterocycles. The molecule has 0 aliphatic carbocycles. The van der Waals surface area contributed by atoms with Gasteiger partial charge in [0.05, 0.1) is 30.1 Å². The van der Waals surface area contributed by atoms with Crippen LogP contribution in [0.3, 0.4) is 0 Å². The molecule has 7 heteroatoms. The van der Waals surface area contributed by atoms with Crippen LogP contribution < -0.4 is 11.3 Å². The number of nitrogens with two attached hydrogens (primary N) is 1. The van der Waals surface area contributed by atoms with Crippen LogP contribution in [0.2, 0.25) is 0 Å². The summed E-state index contributed by atoms with van der Waals surface area (Å²) in [5, 5.41) is 0.428. The number of anilines is 1. The smallest absolute Gasteiger partial charge is 0.315 e. The van der Waals surface area contributed by atoms with Crippen molar-refractivity contribution >= 4 is 34.3 Å². The van der Waals surface area contributed by atoms with Crippen molar-refractivity contribution in [1.82, 2.24) is 9.97 Å². The van der Waals surface area contributed by atoms with Crippen LogP contribution in [-0.2, 0) is 9.53 Å². The Labute approximate surface area is 107 Å². The van der Waals surface area contributed by atoms with Crippen molar-refractivity contribution in [3.05, 3.63) is 28.8 Å². The number of carbonyl (C=O) groups is 1. The number of fused-ring (bicyclic) bond motifs is 1. The SMILES string of the molecule is COC(=O)CSc1cc2nc[nH]c(=O)c2cc1N. The predicted molar refractivity (Wildman–Crippen MR) is 69.5 cm³/mol. The maximum Gasteiger partial charge on any atom is 0.315 e. The van der Waals surface area contributed by atoms with Crippen LogP contribution in [0.1, 0.15) is 0 Å². The number of ether oxygens (including phenoxy) is 1. The van der Waals surface area contributed by atoms with Crippen molar-refractivity contribution in [2.45, 2.75) is 4.90 Å². The molecule has 0 saturated heterocycles. The zero-order valence-corrected chi connectivity index (χ0v) is 10.4. The normalized spacial score (nSPS) is 10.5. The number of rotatable bonds is 3. The van der Waals surface area contributed by atoms with Crippen LogP contribution in [0, 0.1) is 0 Å². The number of esters is 1. The highest BCUT2D eigenvalue weighted by molar-refractivity contribution is 8.00. The maximum absolute atomic E-state index is 11.5. The van der Waals surface area contributed by atoms with Gasteiger partial charge >= 0.3 is 5.97 Å². The molecule has 2 rings (SSSR count). The summed E-state index contributed by atoms with van der Waals surface area (Å²) in [6, 6.07) is 3.24. The Morgan fingerprint density at radius 2 is 2.33 bits per heavy atom. The summed E-state index contributed by atoms with van der Waals surface area (Å²) in [4.78, 5) is 29.8. The van der Waals surface area contributed by atoms with Gasteiger partial charge in [-0.2, -0.15) is 0 Å². The number of H-pyrrole nitrogens is 1. The Morgan fingerprint density at radius 1 is 1.56 bits per heavy atom. The molecule has 1 aromatic carbocycles. The minimum Gasteiger partial charge on any atom is -0.468 e. The topological polar surface area (TPSA) is 98.1 Å². The van der Waals surface area contributed by atoms with Gasteiger partial charge in [-0.1, -0.05) is 0 Å². The molecule has 0 atom stereocenters. The first kappa shape index (κ1) is 12.4. The van der Waals surface area contributed by atoms with Gasteiger partial charge in [0, 0.05) is 10.6 Å². The first-order valence-electron chi connectivity index (χ1n) is 5.08. The Morgan fingerprint density at radius 3 is 3.06 bits per heavy atom. The summed E-state index contributed by atoms with van der Waals surface area (Å²) in [6.07, 6.45) is 1.33. The van der Waals surface area contributed by atoms with Gasteiger partial charge < -0.3 is 15.5 Å². The Kier molecular flexibility index (Phi) is 3.52. The molecular weight excluding hydrogens is 254 g/mol. The fourth-order valence-corrected chi connectivity index (χ4v) is 2.25. The average molecular weight is 265 g/mol. The van der Waals surface area contributed by atoms with Crippen LogP contribution in [-0.4, -0.2) is 28.8 Å². The predicted octanol–water partition coefficient (Wildman–Crippen LogP) is 0.770. The number of nitrogens with one attached hydrogen (secondary N) is 1. The molecule has 3 N–H and O–H groups in total.